The number of amides is 1. The zero-order valence-electron chi connectivity index (χ0n) is 15.8. The molecule has 8 nitrogen and oxygen atoms in total. The Balaban J connectivity index is 1.95. The number of ether oxygens (including phenoxy) is 1. The zero-order chi connectivity index (χ0) is 20.7. The largest absolute Gasteiger partial charge is 0.449 e. The molecule has 9 heteroatoms. The maximum atomic E-state index is 12.2. The molecular formula is C19H22N2O6S. The van der Waals surface area contributed by atoms with E-state index >= 15 is 0 Å². The number of sulfonamides is 1. The minimum atomic E-state index is -3.81. The summed E-state index contributed by atoms with van der Waals surface area (Å²) >= 11 is 0. The Hall–Kier alpha value is -2.75. The second-order valence-corrected chi connectivity index (χ2v) is 7.81. The molecule has 1 atom stereocenters. The van der Waals surface area contributed by atoms with Crippen LogP contribution in [0.1, 0.15) is 22.8 Å². The van der Waals surface area contributed by atoms with Gasteiger partial charge in [0.1, 0.15) is 0 Å². The van der Waals surface area contributed by atoms with Crippen LogP contribution in [-0.4, -0.2) is 45.0 Å². The Bertz CT molecular complexity index is 913. The molecule has 0 saturated carbocycles. The van der Waals surface area contributed by atoms with E-state index < -0.39 is 28.0 Å². The smallest absolute Gasteiger partial charge is 0.338 e. The number of benzene rings is 2. The number of carbonyl (C=O) groups is 2. The van der Waals surface area contributed by atoms with Crippen molar-refractivity contribution < 1.29 is 27.6 Å². The van der Waals surface area contributed by atoms with E-state index in [0.717, 1.165) is 5.56 Å². The molecular weight excluding hydrogens is 384 g/mol. The summed E-state index contributed by atoms with van der Waals surface area (Å²) < 4.78 is 30.1. The molecule has 0 unspecified atom stereocenters. The minimum absolute atomic E-state index is 0.0398. The number of hydroxylamine groups is 1. The van der Waals surface area contributed by atoms with Crippen LogP contribution in [0.25, 0.3) is 0 Å². The summed E-state index contributed by atoms with van der Waals surface area (Å²) in [6.07, 6.45) is -1.00. The van der Waals surface area contributed by atoms with E-state index in [1.165, 1.54) is 45.3 Å². The Labute approximate surface area is 164 Å². The van der Waals surface area contributed by atoms with Gasteiger partial charge in [0, 0.05) is 13.6 Å². The molecule has 0 bridgehead atoms. The predicted molar refractivity (Wildman–Crippen MR) is 102 cm³/mol. The lowest BCUT2D eigenvalue weighted by molar-refractivity contribution is -0.129. The van der Waals surface area contributed by atoms with Crippen molar-refractivity contribution >= 4 is 21.9 Å². The number of esters is 1. The first kappa shape index (κ1) is 21.5. The molecule has 0 fully saturated rings. The van der Waals surface area contributed by atoms with E-state index in [4.69, 9.17) is 9.57 Å². The highest BCUT2D eigenvalue weighted by atomic mass is 32.2. The van der Waals surface area contributed by atoms with Crippen LogP contribution < -0.4 is 5.32 Å². The van der Waals surface area contributed by atoms with Gasteiger partial charge < -0.3 is 10.1 Å². The van der Waals surface area contributed by atoms with Gasteiger partial charge in [0.2, 0.25) is 0 Å². The van der Waals surface area contributed by atoms with Gasteiger partial charge in [0.25, 0.3) is 15.9 Å². The van der Waals surface area contributed by atoms with Crippen LogP contribution in [-0.2, 0) is 30.9 Å². The van der Waals surface area contributed by atoms with Crippen molar-refractivity contribution in [2.24, 2.45) is 0 Å². The highest BCUT2D eigenvalue weighted by molar-refractivity contribution is 7.89. The van der Waals surface area contributed by atoms with Gasteiger partial charge >= 0.3 is 5.97 Å². The quantitative estimate of drug-likeness (QED) is 0.529. The molecule has 28 heavy (non-hydrogen) atoms. The molecule has 0 radical (unpaired) electrons. The van der Waals surface area contributed by atoms with Crippen molar-refractivity contribution in [3.05, 3.63) is 65.7 Å². The average Bonchev–Trinajstić information content (AvgIpc) is 2.71. The topological polar surface area (TPSA) is 102 Å². The van der Waals surface area contributed by atoms with E-state index in [1.54, 1.807) is 0 Å². The van der Waals surface area contributed by atoms with Gasteiger partial charge in [-0.2, -0.15) is 0 Å². The maximum Gasteiger partial charge on any atom is 0.338 e. The molecule has 0 aliphatic heterocycles. The fraction of sp³-hybridized carbons (Fsp3) is 0.263. The number of hydrogen-bond donors (Lipinski definition) is 1. The van der Waals surface area contributed by atoms with Crippen LogP contribution in [0.3, 0.4) is 0 Å². The van der Waals surface area contributed by atoms with Crippen LogP contribution in [0.5, 0.6) is 0 Å². The Morgan fingerprint density at radius 3 is 2.25 bits per heavy atom. The number of nitrogens with zero attached hydrogens (tertiary/aromatic N) is 1. The van der Waals surface area contributed by atoms with Crippen molar-refractivity contribution in [2.75, 3.05) is 14.2 Å². The molecule has 0 aliphatic rings. The van der Waals surface area contributed by atoms with E-state index in [9.17, 15) is 18.0 Å². The van der Waals surface area contributed by atoms with Gasteiger partial charge in [-0.05, 0) is 36.8 Å². The molecule has 0 spiro atoms. The molecule has 0 heterocycles. The van der Waals surface area contributed by atoms with Crippen LogP contribution in [0.15, 0.2) is 59.5 Å². The number of carbonyl (C=O) groups excluding carboxylic acids is 2. The SMILES string of the molecule is CON(C)S(=O)(=O)c1ccc(C(=O)O[C@@H](C)C(=O)NCc2ccccc2)cc1. The number of rotatable bonds is 8. The predicted octanol–water partition coefficient (Wildman–Crippen LogP) is 1.73. The third-order valence-corrected chi connectivity index (χ3v) is 5.64. The lowest BCUT2D eigenvalue weighted by Crippen LogP contribution is -2.35. The molecule has 0 aromatic heterocycles. The fourth-order valence-corrected chi connectivity index (χ4v) is 3.19. The molecule has 1 N–H and O–H groups in total. The summed E-state index contributed by atoms with van der Waals surface area (Å²) in [6, 6.07) is 14.5. The summed E-state index contributed by atoms with van der Waals surface area (Å²) in [5.41, 5.74) is 1.05. The Morgan fingerprint density at radius 2 is 1.68 bits per heavy atom. The lowest BCUT2D eigenvalue weighted by Gasteiger charge is -2.15. The highest BCUT2D eigenvalue weighted by Gasteiger charge is 2.22. The van der Waals surface area contributed by atoms with Crippen molar-refractivity contribution in [3.8, 4) is 0 Å². The van der Waals surface area contributed by atoms with Crippen LogP contribution >= 0.6 is 0 Å². The van der Waals surface area contributed by atoms with E-state index in [-0.39, 0.29) is 10.5 Å². The molecule has 2 aromatic carbocycles. The third-order valence-electron chi connectivity index (χ3n) is 3.95. The van der Waals surface area contributed by atoms with Crippen LogP contribution in [0, 0.1) is 0 Å². The van der Waals surface area contributed by atoms with E-state index in [1.807, 2.05) is 30.3 Å². The van der Waals surface area contributed by atoms with Gasteiger partial charge in [-0.25, -0.2) is 13.2 Å². The average molecular weight is 406 g/mol. The molecule has 150 valence electrons. The summed E-state index contributed by atoms with van der Waals surface area (Å²) in [5.74, 6) is -1.16. The molecule has 1 amide bonds. The maximum absolute atomic E-state index is 12.2. The van der Waals surface area contributed by atoms with Crippen molar-refractivity contribution in [1.82, 2.24) is 9.79 Å². The third kappa shape index (κ3) is 5.38. The van der Waals surface area contributed by atoms with Gasteiger partial charge in [0.15, 0.2) is 6.10 Å². The summed E-state index contributed by atoms with van der Waals surface area (Å²) in [7, 11) is -1.32. The second-order valence-electron chi connectivity index (χ2n) is 5.87. The monoisotopic (exact) mass is 406 g/mol. The molecule has 2 aromatic rings. The highest BCUT2D eigenvalue weighted by Crippen LogP contribution is 2.16. The fourth-order valence-electron chi connectivity index (χ4n) is 2.22. The van der Waals surface area contributed by atoms with Crippen molar-refractivity contribution in [1.29, 1.82) is 0 Å². The van der Waals surface area contributed by atoms with Gasteiger partial charge in [-0.15, -0.1) is 0 Å². The first-order valence-electron chi connectivity index (χ1n) is 8.41. The standard InChI is InChI=1S/C19H22N2O6S/c1-14(18(22)20-13-15-7-5-4-6-8-15)27-19(23)16-9-11-17(12-10-16)28(24,25)21(2)26-3/h4-12,14H,13H2,1-3H3,(H,20,22)/t14-/m0/s1. The van der Waals surface area contributed by atoms with Crippen molar-refractivity contribution in [3.63, 3.8) is 0 Å². The van der Waals surface area contributed by atoms with E-state index in [2.05, 4.69) is 5.32 Å². The van der Waals surface area contributed by atoms with Crippen molar-refractivity contribution in [2.45, 2.75) is 24.5 Å². The Kier molecular flexibility index (Phi) is 7.27. The first-order chi connectivity index (χ1) is 13.3. The first-order valence-corrected chi connectivity index (χ1v) is 9.85. The normalized spacial score (nSPS) is 12.4. The molecule has 0 saturated heterocycles. The van der Waals surface area contributed by atoms with Gasteiger partial charge in [0.05, 0.1) is 17.6 Å². The zero-order valence-corrected chi connectivity index (χ0v) is 16.6. The summed E-state index contributed by atoms with van der Waals surface area (Å²) in [4.78, 5) is 28.9. The van der Waals surface area contributed by atoms with Gasteiger partial charge in [-0.1, -0.05) is 34.8 Å². The molecule has 2 rings (SSSR count). The van der Waals surface area contributed by atoms with Gasteiger partial charge in [-0.3, -0.25) is 9.63 Å². The lowest BCUT2D eigenvalue weighted by atomic mass is 10.2. The minimum Gasteiger partial charge on any atom is -0.449 e. The number of nitrogens with one attached hydrogen (secondary N) is 1. The van der Waals surface area contributed by atoms with E-state index in [0.29, 0.717) is 11.0 Å². The Morgan fingerprint density at radius 1 is 1.07 bits per heavy atom. The molecule has 0 aliphatic carbocycles. The second kappa shape index (κ2) is 9.45. The number of hydrogen-bond acceptors (Lipinski definition) is 6. The summed E-state index contributed by atoms with van der Waals surface area (Å²) in [6.45, 7) is 1.78. The summed E-state index contributed by atoms with van der Waals surface area (Å²) in [5, 5.41) is 2.69. The van der Waals surface area contributed by atoms with Crippen LogP contribution in [0.4, 0.5) is 0 Å². The van der Waals surface area contributed by atoms with Crippen LogP contribution in [0.2, 0.25) is 0 Å².